The molecule has 3 rings (SSSR count). The summed E-state index contributed by atoms with van der Waals surface area (Å²) in [5.74, 6) is 1.18. The standard InChI is InChI=1S/C22H32N2O7/c1-5-29-14-7-6-13(12(4)8-14)9-15-17(11(2)3)23-24-21(15)31-22-20(28)19(27)18(26)16(10-25)30-22/h6-8,11,16,18-20,22,25-28H,5,9-10H2,1-4H3,(H,23,24)/t16?,18-,19?,20+,22+/m1/s1. The second-order valence-electron chi connectivity index (χ2n) is 8.09. The fourth-order valence-electron chi connectivity index (χ4n) is 3.70. The van der Waals surface area contributed by atoms with Crippen LogP contribution in [0.5, 0.6) is 11.6 Å². The van der Waals surface area contributed by atoms with Gasteiger partial charge < -0.3 is 34.6 Å². The van der Waals surface area contributed by atoms with Crippen molar-refractivity contribution in [3.63, 3.8) is 0 Å². The smallest absolute Gasteiger partial charge is 0.238 e. The molecule has 1 aromatic carbocycles. The van der Waals surface area contributed by atoms with Gasteiger partial charge in [-0.2, -0.15) is 0 Å². The van der Waals surface area contributed by atoms with Crippen LogP contribution in [0.2, 0.25) is 0 Å². The van der Waals surface area contributed by atoms with Crippen LogP contribution < -0.4 is 9.47 Å². The van der Waals surface area contributed by atoms with Crippen molar-refractivity contribution in [2.24, 2.45) is 0 Å². The number of aliphatic hydroxyl groups is 4. The molecular formula is C22H32N2O7. The first-order chi connectivity index (χ1) is 14.8. The van der Waals surface area contributed by atoms with Gasteiger partial charge in [0.25, 0.3) is 0 Å². The van der Waals surface area contributed by atoms with Crippen LogP contribution in [0, 0.1) is 6.92 Å². The topological polar surface area (TPSA) is 137 Å². The number of aromatic amines is 1. The summed E-state index contributed by atoms with van der Waals surface area (Å²) in [6.07, 6.45) is -6.29. The largest absolute Gasteiger partial charge is 0.494 e. The summed E-state index contributed by atoms with van der Waals surface area (Å²) in [5, 5.41) is 47.0. The molecular weight excluding hydrogens is 404 g/mol. The van der Waals surface area contributed by atoms with E-state index in [1.807, 2.05) is 45.9 Å². The summed E-state index contributed by atoms with van der Waals surface area (Å²) in [6, 6.07) is 5.89. The van der Waals surface area contributed by atoms with Gasteiger partial charge in [0, 0.05) is 17.7 Å². The Morgan fingerprint density at radius 1 is 1.16 bits per heavy atom. The summed E-state index contributed by atoms with van der Waals surface area (Å²) in [6.45, 7) is 8.06. The van der Waals surface area contributed by atoms with E-state index in [0.29, 0.717) is 13.0 Å². The van der Waals surface area contributed by atoms with Gasteiger partial charge in [-0.05, 0) is 43.0 Å². The van der Waals surface area contributed by atoms with Crippen molar-refractivity contribution < 1.29 is 34.6 Å². The third-order valence-electron chi connectivity index (χ3n) is 5.51. The Hall–Kier alpha value is -2.17. The number of nitrogens with one attached hydrogen (secondary N) is 1. The zero-order valence-corrected chi connectivity index (χ0v) is 18.3. The Balaban J connectivity index is 1.88. The number of aryl methyl sites for hydroxylation is 1. The molecule has 9 heteroatoms. The molecule has 5 atom stereocenters. The third-order valence-corrected chi connectivity index (χ3v) is 5.51. The molecule has 172 valence electrons. The summed E-state index contributed by atoms with van der Waals surface area (Å²) in [5.41, 5.74) is 3.80. The lowest BCUT2D eigenvalue weighted by atomic mass is 9.96. The number of ether oxygens (including phenoxy) is 3. The van der Waals surface area contributed by atoms with Crippen LogP contribution in [0.3, 0.4) is 0 Å². The second-order valence-corrected chi connectivity index (χ2v) is 8.09. The molecule has 0 radical (unpaired) electrons. The SMILES string of the molecule is CCOc1ccc(Cc2c(O[C@@H]3OC(CO)[C@@H](O)C(O)[C@@H]3O)n[nH]c2C(C)C)c(C)c1. The maximum atomic E-state index is 10.3. The van der Waals surface area contributed by atoms with Gasteiger partial charge in [-0.1, -0.05) is 19.9 Å². The molecule has 1 fully saturated rings. The van der Waals surface area contributed by atoms with Crippen molar-refractivity contribution in [3.8, 4) is 11.6 Å². The van der Waals surface area contributed by atoms with Gasteiger partial charge in [0.2, 0.25) is 12.2 Å². The Morgan fingerprint density at radius 2 is 1.90 bits per heavy atom. The lowest BCUT2D eigenvalue weighted by molar-refractivity contribution is -0.278. The van der Waals surface area contributed by atoms with Gasteiger partial charge in [0.15, 0.2) is 0 Å². The predicted octanol–water partition coefficient (Wildman–Crippen LogP) is 1.01. The van der Waals surface area contributed by atoms with Crippen molar-refractivity contribution in [3.05, 3.63) is 40.6 Å². The lowest BCUT2D eigenvalue weighted by Crippen LogP contribution is -2.60. The van der Waals surface area contributed by atoms with Gasteiger partial charge in [0.05, 0.1) is 13.2 Å². The minimum absolute atomic E-state index is 0.137. The molecule has 0 spiro atoms. The number of H-pyrrole nitrogens is 1. The monoisotopic (exact) mass is 436 g/mol. The Morgan fingerprint density at radius 3 is 2.52 bits per heavy atom. The number of hydrogen-bond acceptors (Lipinski definition) is 8. The Labute approximate surface area is 181 Å². The van der Waals surface area contributed by atoms with Crippen LogP contribution in [0.25, 0.3) is 0 Å². The average Bonchev–Trinajstić information content (AvgIpc) is 3.13. The van der Waals surface area contributed by atoms with Crippen molar-refractivity contribution in [1.82, 2.24) is 10.2 Å². The van der Waals surface area contributed by atoms with Crippen LogP contribution in [-0.4, -0.2) is 74.5 Å². The molecule has 31 heavy (non-hydrogen) atoms. The molecule has 1 aliphatic rings. The van der Waals surface area contributed by atoms with E-state index in [-0.39, 0.29) is 11.8 Å². The van der Waals surface area contributed by atoms with E-state index in [9.17, 15) is 20.4 Å². The highest BCUT2D eigenvalue weighted by Gasteiger charge is 2.45. The van der Waals surface area contributed by atoms with E-state index in [0.717, 1.165) is 28.1 Å². The fourth-order valence-corrected chi connectivity index (χ4v) is 3.70. The Bertz CT molecular complexity index is 868. The number of aliphatic hydroxyl groups excluding tert-OH is 4. The van der Waals surface area contributed by atoms with E-state index in [1.54, 1.807) is 0 Å². The molecule has 1 saturated heterocycles. The van der Waals surface area contributed by atoms with Crippen LogP contribution >= 0.6 is 0 Å². The predicted molar refractivity (Wildman–Crippen MR) is 112 cm³/mol. The van der Waals surface area contributed by atoms with E-state index in [2.05, 4.69) is 10.2 Å². The van der Waals surface area contributed by atoms with E-state index in [4.69, 9.17) is 14.2 Å². The minimum Gasteiger partial charge on any atom is -0.494 e. The average molecular weight is 437 g/mol. The quantitative estimate of drug-likeness (QED) is 0.413. The van der Waals surface area contributed by atoms with Crippen LogP contribution in [0.1, 0.15) is 49.1 Å². The van der Waals surface area contributed by atoms with E-state index < -0.39 is 37.3 Å². The maximum Gasteiger partial charge on any atom is 0.238 e. The summed E-state index contributed by atoms with van der Waals surface area (Å²) in [7, 11) is 0. The highest BCUT2D eigenvalue weighted by atomic mass is 16.7. The molecule has 0 aliphatic carbocycles. The molecule has 2 aromatic rings. The number of benzene rings is 1. The first-order valence-electron chi connectivity index (χ1n) is 10.5. The van der Waals surface area contributed by atoms with E-state index >= 15 is 0 Å². The lowest BCUT2D eigenvalue weighted by Gasteiger charge is -2.39. The molecule has 0 saturated carbocycles. The molecule has 1 aromatic heterocycles. The molecule has 0 amide bonds. The second kappa shape index (κ2) is 9.97. The van der Waals surface area contributed by atoms with Gasteiger partial charge in [-0.25, -0.2) is 0 Å². The molecule has 9 nitrogen and oxygen atoms in total. The van der Waals surface area contributed by atoms with Crippen molar-refractivity contribution in [2.75, 3.05) is 13.2 Å². The van der Waals surface area contributed by atoms with Crippen molar-refractivity contribution in [2.45, 2.75) is 70.7 Å². The van der Waals surface area contributed by atoms with Crippen molar-refractivity contribution >= 4 is 0 Å². The molecule has 1 aliphatic heterocycles. The third kappa shape index (κ3) is 5.02. The van der Waals surface area contributed by atoms with Gasteiger partial charge in [0.1, 0.15) is 30.2 Å². The molecule has 0 bridgehead atoms. The summed E-state index contributed by atoms with van der Waals surface area (Å²) in [4.78, 5) is 0. The van der Waals surface area contributed by atoms with Gasteiger partial charge in [-0.15, -0.1) is 5.10 Å². The minimum atomic E-state index is -1.52. The van der Waals surface area contributed by atoms with Crippen LogP contribution in [0.4, 0.5) is 0 Å². The molecule has 2 heterocycles. The number of nitrogens with zero attached hydrogens (tertiary/aromatic N) is 1. The highest BCUT2D eigenvalue weighted by Crippen LogP contribution is 2.32. The van der Waals surface area contributed by atoms with Crippen LogP contribution in [-0.2, 0) is 11.2 Å². The maximum absolute atomic E-state index is 10.3. The van der Waals surface area contributed by atoms with E-state index in [1.165, 1.54) is 0 Å². The van der Waals surface area contributed by atoms with Crippen molar-refractivity contribution in [1.29, 1.82) is 0 Å². The number of aromatic nitrogens is 2. The number of rotatable bonds is 8. The summed E-state index contributed by atoms with van der Waals surface area (Å²) < 4.78 is 16.9. The number of hydrogen-bond donors (Lipinski definition) is 5. The first-order valence-corrected chi connectivity index (χ1v) is 10.5. The molecule has 2 unspecified atom stereocenters. The van der Waals surface area contributed by atoms with Crippen LogP contribution in [0.15, 0.2) is 18.2 Å². The first kappa shape index (κ1) is 23.5. The zero-order valence-electron chi connectivity index (χ0n) is 18.3. The summed E-state index contributed by atoms with van der Waals surface area (Å²) >= 11 is 0. The van der Waals surface area contributed by atoms with Gasteiger partial charge >= 0.3 is 0 Å². The zero-order chi connectivity index (χ0) is 22.7. The normalized spacial score (nSPS) is 26.3. The molecule has 5 N–H and O–H groups in total. The van der Waals surface area contributed by atoms with Gasteiger partial charge in [-0.3, -0.25) is 5.10 Å². The fraction of sp³-hybridized carbons (Fsp3) is 0.591. The highest BCUT2D eigenvalue weighted by molar-refractivity contribution is 5.42. The Kier molecular flexibility index (Phi) is 7.55.